The van der Waals surface area contributed by atoms with Crippen LogP contribution in [0.4, 0.5) is 5.95 Å². The molecule has 1 aromatic rings. The van der Waals surface area contributed by atoms with E-state index < -0.39 is 22.9 Å². The highest BCUT2D eigenvalue weighted by Gasteiger charge is 2.26. The second kappa shape index (κ2) is 4.46. The van der Waals surface area contributed by atoms with Crippen LogP contribution in [-0.4, -0.2) is 44.5 Å². The smallest absolute Gasteiger partial charge is 0.480 e. The summed E-state index contributed by atoms with van der Waals surface area (Å²) < 4.78 is 5.53. The second-order valence-electron chi connectivity index (χ2n) is 2.59. The molecule has 1 N–H and O–H groups in total. The van der Waals surface area contributed by atoms with E-state index in [2.05, 4.69) is 14.8 Å². The third-order valence-corrected chi connectivity index (χ3v) is 1.59. The monoisotopic (exact) mass is 216 g/mol. The molecule has 1 rings (SSSR count). The molecule has 1 aromatic heterocycles. The van der Waals surface area contributed by atoms with Crippen molar-refractivity contribution in [1.29, 1.82) is 0 Å². The predicted octanol–water partition coefficient (Wildman–Crippen LogP) is -0.542. The third kappa shape index (κ3) is 2.47. The lowest BCUT2D eigenvalue weighted by Gasteiger charge is -2.06. The maximum Gasteiger partial charge on any atom is 0.490 e. The molecule has 15 heavy (non-hydrogen) atoms. The number of nitrogens with zero attached hydrogens (tertiary/aromatic N) is 4. The molecule has 0 aromatic carbocycles. The van der Waals surface area contributed by atoms with Crippen LogP contribution >= 0.6 is 0 Å². The van der Waals surface area contributed by atoms with Crippen molar-refractivity contribution in [3.8, 4) is 0 Å². The van der Waals surface area contributed by atoms with Gasteiger partial charge in [-0.05, 0) is 4.92 Å². The molecular formula is C6H8N4O5. The van der Waals surface area contributed by atoms with Crippen LogP contribution in [0.5, 0.6) is 0 Å². The van der Waals surface area contributed by atoms with Crippen LogP contribution in [0.25, 0.3) is 0 Å². The zero-order chi connectivity index (χ0) is 11.4. The van der Waals surface area contributed by atoms with Crippen molar-refractivity contribution in [2.45, 2.75) is 6.04 Å². The summed E-state index contributed by atoms with van der Waals surface area (Å²) in [6.07, 6.45) is 0.982. The van der Waals surface area contributed by atoms with Gasteiger partial charge in [0.15, 0.2) is 6.04 Å². The molecular weight excluding hydrogens is 208 g/mol. The number of aliphatic carboxylic acids is 1. The van der Waals surface area contributed by atoms with Crippen molar-refractivity contribution in [3.05, 3.63) is 16.4 Å². The van der Waals surface area contributed by atoms with Crippen molar-refractivity contribution in [3.63, 3.8) is 0 Å². The molecule has 0 amide bonds. The largest absolute Gasteiger partial charge is 0.490 e. The van der Waals surface area contributed by atoms with E-state index in [0.29, 0.717) is 0 Å². The van der Waals surface area contributed by atoms with Crippen molar-refractivity contribution in [2.75, 3.05) is 13.7 Å². The first kappa shape index (κ1) is 11.0. The molecule has 1 unspecified atom stereocenters. The predicted molar refractivity (Wildman–Crippen MR) is 45.2 cm³/mol. The van der Waals surface area contributed by atoms with Crippen molar-refractivity contribution < 1.29 is 19.6 Å². The Hall–Kier alpha value is -2.03. The summed E-state index contributed by atoms with van der Waals surface area (Å²) in [5.41, 5.74) is 0. The zero-order valence-corrected chi connectivity index (χ0v) is 7.73. The van der Waals surface area contributed by atoms with Crippen LogP contribution in [0.2, 0.25) is 0 Å². The first-order valence-electron chi connectivity index (χ1n) is 3.83. The second-order valence-corrected chi connectivity index (χ2v) is 2.59. The van der Waals surface area contributed by atoms with Crippen LogP contribution < -0.4 is 0 Å². The van der Waals surface area contributed by atoms with Crippen molar-refractivity contribution >= 4 is 11.9 Å². The van der Waals surface area contributed by atoms with Gasteiger partial charge in [-0.25, -0.2) is 4.79 Å². The molecule has 82 valence electrons. The van der Waals surface area contributed by atoms with Crippen molar-refractivity contribution in [2.24, 2.45) is 0 Å². The Labute approximate surface area is 83.4 Å². The quantitative estimate of drug-likeness (QED) is 0.518. The highest BCUT2D eigenvalue weighted by Crippen LogP contribution is 2.08. The number of nitro groups is 1. The molecule has 0 spiro atoms. The summed E-state index contributed by atoms with van der Waals surface area (Å²) in [7, 11) is 1.32. The van der Waals surface area contributed by atoms with Gasteiger partial charge in [0.1, 0.15) is 0 Å². The Kier molecular flexibility index (Phi) is 3.29. The van der Waals surface area contributed by atoms with Gasteiger partial charge in [-0.3, -0.25) is 0 Å². The molecule has 0 aliphatic rings. The zero-order valence-electron chi connectivity index (χ0n) is 7.73. The summed E-state index contributed by atoms with van der Waals surface area (Å²) in [6, 6.07) is -1.11. The van der Waals surface area contributed by atoms with Crippen LogP contribution in [0.15, 0.2) is 6.33 Å². The molecule has 1 atom stereocenters. The average molecular weight is 216 g/mol. The van der Waals surface area contributed by atoms with Gasteiger partial charge < -0.3 is 20.0 Å². The number of aromatic nitrogens is 3. The molecule has 0 aliphatic carbocycles. The number of carbonyl (C=O) groups is 1. The number of rotatable bonds is 5. The number of ether oxygens (including phenoxy) is 1. The van der Waals surface area contributed by atoms with Gasteiger partial charge in [0, 0.05) is 12.2 Å². The summed E-state index contributed by atoms with van der Waals surface area (Å²) in [5.74, 6) is -1.84. The molecule has 9 heteroatoms. The lowest BCUT2D eigenvalue weighted by Crippen LogP contribution is -2.24. The molecule has 0 radical (unpaired) electrons. The normalized spacial score (nSPS) is 12.3. The average Bonchev–Trinajstić information content (AvgIpc) is 2.62. The van der Waals surface area contributed by atoms with E-state index in [1.807, 2.05) is 0 Å². The SMILES string of the molecule is COCC(C(=O)O)n1cnc([N+](=O)[O-])n1. The number of hydrogen-bond donors (Lipinski definition) is 1. The lowest BCUT2D eigenvalue weighted by atomic mass is 10.3. The fourth-order valence-corrected chi connectivity index (χ4v) is 0.918. The van der Waals surface area contributed by atoms with E-state index in [4.69, 9.17) is 5.11 Å². The van der Waals surface area contributed by atoms with Crippen LogP contribution in [0.3, 0.4) is 0 Å². The molecule has 1 heterocycles. The topological polar surface area (TPSA) is 120 Å². The maximum atomic E-state index is 10.7. The summed E-state index contributed by atoms with van der Waals surface area (Å²) in [6.45, 7) is -0.143. The molecule has 0 bridgehead atoms. The minimum atomic E-state index is -1.20. The number of methoxy groups -OCH3 is 1. The van der Waals surface area contributed by atoms with E-state index in [9.17, 15) is 14.9 Å². The van der Waals surface area contributed by atoms with E-state index in [0.717, 1.165) is 11.0 Å². The van der Waals surface area contributed by atoms with Gasteiger partial charge in [-0.2, -0.15) is 4.68 Å². The summed E-state index contributed by atoms with van der Waals surface area (Å²) >= 11 is 0. The van der Waals surface area contributed by atoms with Gasteiger partial charge in [0.05, 0.1) is 6.61 Å². The van der Waals surface area contributed by atoms with Crippen LogP contribution in [0.1, 0.15) is 6.04 Å². The van der Waals surface area contributed by atoms with Gasteiger partial charge in [-0.1, -0.05) is 4.98 Å². The Morgan fingerprint density at radius 2 is 2.53 bits per heavy atom. The molecule has 0 saturated heterocycles. The van der Waals surface area contributed by atoms with Gasteiger partial charge in [0.25, 0.3) is 0 Å². The Bertz CT molecular complexity index is 375. The fraction of sp³-hybridized carbons (Fsp3) is 0.500. The minimum Gasteiger partial charge on any atom is -0.480 e. The Balaban J connectivity index is 2.91. The molecule has 9 nitrogen and oxygen atoms in total. The van der Waals surface area contributed by atoms with Gasteiger partial charge in [0.2, 0.25) is 6.33 Å². The number of carboxylic acid groups (broad SMARTS) is 1. The molecule has 0 saturated carbocycles. The maximum absolute atomic E-state index is 10.7. The van der Waals surface area contributed by atoms with Gasteiger partial charge >= 0.3 is 11.9 Å². The molecule has 0 aliphatic heterocycles. The van der Waals surface area contributed by atoms with E-state index >= 15 is 0 Å². The summed E-state index contributed by atoms with van der Waals surface area (Å²) in [4.78, 5) is 23.5. The van der Waals surface area contributed by atoms with E-state index in [-0.39, 0.29) is 6.61 Å². The highest BCUT2D eigenvalue weighted by molar-refractivity contribution is 5.71. The summed E-state index contributed by atoms with van der Waals surface area (Å²) in [5, 5.41) is 22.4. The van der Waals surface area contributed by atoms with E-state index in [1.165, 1.54) is 7.11 Å². The molecule has 0 fully saturated rings. The van der Waals surface area contributed by atoms with Crippen LogP contribution in [0, 0.1) is 10.1 Å². The van der Waals surface area contributed by atoms with Crippen LogP contribution in [-0.2, 0) is 9.53 Å². The van der Waals surface area contributed by atoms with E-state index in [1.54, 1.807) is 0 Å². The fourth-order valence-electron chi connectivity index (χ4n) is 0.918. The minimum absolute atomic E-state index is 0.143. The first-order chi connectivity index (χ1) is 7.06. The third-order valence-electron chi connectivity index (χ3n) is 1.59. The van der Waals surface area contributed by atoms with Gasteiger partial charge in [-0.15, -0.1) is 0 Å². The van der Waals surface area contributed by atoms with Crippen molar-refractivity contribution in [1.82, 2.24) is 14.8 Å². The Morgan fingerprint density at radius 1 is 1.87 bits per heavy atom. The number of hydrogen-bond acceptors (Lipinski definition) is 6. The highest BCUT2D eigenvalue weighted by atomic mass is 16.6. The lowest BCUT2D eigenvalue weighted by molar-refractivity contribution is -0.394. The Morgan fingerprint density at radius 3 is 2.93 bits per heavy atom. The standard InChI is InChI=1S/C6H8N4O5/c1-15-2-4(5(11)12)9-3-7-6(8-9)10(13)14/h3-4H,2H2,1H3,(H,11,12). The first-order valence-corrected chi connectivity index (χ1v) is 3.83. The number of carboxylic acids is 1.